The minimum Gasteiger partial charge on any atom is -0.497 e. The first-order valence-electron chi connectivity index (χ1n) is 7.54. The first-order valence-corrected chi connectivity index (χ1v) is 7.54. The number of nitrogens with one attached hydrogen (secondary N) is 1. The van der Waals surface area contributed by atoms with Gasteiger partial charge in [-0.15, -0.1) is 0 Å². The molecule has 0 bridgehead atoms. The molecule has 1 unspecified atom stereocenters. The zero-order valence-electron chi connectivity index (χ0n) is 13.0. The summed E-state index contributed by atoms with van der Waals surface area (Å²) in [6.07, 6.45) is 1.92. The van der Waals surface area contributed by atoms with Crippen LogP contribution in [0.25, 0.3) is 10.9 Å². The summed E-state index contributed by atoms with van der Waals surface area (Å²) >= 11 is 0. The lowest BCUT2D eigenvalue weighted by molar-refractivity contribution is 0.394. The van der Waals surface area contributed by atoms with E-state index >= 15 is 0 Å². The summed E-state index contributed by atoms with van der Waals surface area (Å²) in [5, 5.41) is 10.6. The molecule has 2 heterocycles. The highest BCUT2D eigenvalue weighted by molar-refractivity contribution is 5.86. The number of benzene rings is 2. The maximum atomic E-state index is 9.61. The highest BCUT2D eigenvalue weighted by atomic mass is 16.5. The van der Waals surface area contributed by atoms with E-state index in [1.165, 1.54) is 0 Å². The Morgan fingerprint density at radius 1 is 1.21 bits per heavy atom. The standard InChI is InChI=1S/C19H15N3O2/c1-23-11-6-7-12-15(10-22-16(12)8-11)18-13-4-2-3-5-17(13)24-19(21)14(18)9-20/h2-8,10,18,22H,21H2,1H3. The zero-order valence-corrected chi connectivity index (χ0v) is 13.0. The third-order valence-electron chi connectivity index (χ3n) is 4.36. The molecule has 0 amide bonds. The molecule has 5 nitrogen and oxygen atoms in total. The fraction of sp³-hybridized carbons (Fsp3) is 0.105. The Morgan fingerprint density at radius 3 is 2.83 bits per heavy atom. The van der Waals surface area contributed by atoms with Crippen molar-refractivity contribution in [3.8, 4) is 17.6 Å². The molecule has 1 atom stereocenters. The predicted molar refractivity (Wildman–Crippen MR) is 90.6 cm³/mol. The minimum atomic E-state index is -0.262. The van der Waals surface area contributed by atoms with Crippen molar-refractivity contribution in [3.05, 3.63) is 71.2 Å². The van der Waals surface area contributed by atoms with Crippen molar-refractivity contribution >= 4 is 10.9 Å². The Balaban J connectivity index is 1.96. The van der Waals surface area contributed by atoms with Gasteiger partial charge in [-0.3, -0.25) is 0 Å². The molecule has 1 aliphatic rings. The third kappa shape index (κ3) is 2.01. The number of rotatable bonds is 2. The number of nitrogens with zero attached hydrogens (tertiary/aromatic N) is 1. The first kappa shape index (κ1) is 14.2. The van der Waals surface area contributed by atoms with Crippen molar-refractivity contribution in [2.45, 2.75) is 5.92 Å². The number of hydrogen-bond acceptors (Lipinski definition) is 4. The van der Waals surface area contributed by atoms with Crippen LogP contribution in [0.4, 0.5) is 0 Å². The smallest absolute Gasteiger partial charge is 0.205 e. The second-order valence-corrected chi connectivity index (χ2v) is 5.62. The molecule has 4 rings (SSSR count). The van der Waals surface area contributed by atoms with E-state index in [1.807, 2.05) is 48.7 Å². The number of fused-ring (bicyclic) bond motifs is 2. The Bertz CT molecular complexity index is 1010. The molecular formula is C19H15N3O2. The van der Waals surface area contributed by atoms with Crippen LogP contribution in [-0.4, -0.2) is 12.1 Å². The van der Waals surface area contributed by atoms with Crippen molar-refractivity contribution in [1.82, 2.24) is 4.98 Å². The largest absolute Gasteiger partial charge is 0.497 e. The van der Waals surface area contributed by atoms with E-state index in [2.05, 4.69) is 11.1 Å². The molecule has 0 radical (unpaired) electrons. The highest BCUT2D eigenvalue weighted by Gasteiger charge is 2.31. The van der Waals surface area contributed by atoms with Crippen molar-refractivity contribution in [1.29, 1.82) is 5.26 Å². The summed E-state index contributed by atoms with van der Waals surface area (Å²) in [7, 11) is 1.64. The molecule has 0 aliphatic carbocycles. The summed E-state index contributed by atoms with van der Waals surface area (Å²) in [5.74, 6) is 1.35. The molecule has 118 valence electrons. The topological polar surface area (TPSA) is 84.1 Å². The van der Waals surface area contributed by atoms with E-state index in [0.717, 1.165) is 27.8 Å². The Kier molecular flexibility index (Phi) is 3.17. The summed E-state index contributed by atoms with van der Waals surface area (Å²) in [5.41, 5.74) is 9.28. The minimum absolute atomic E-state index is 0.157. The average Bonchev–Trinajstić information content (AvgIpc) is 3.03. The lowest BCUT2D eigenvalue weighted by Gasteiger charge is -2.25. The van der Waals surface area contributed by atoms with Gasteiger partial charge in [0.05, 0.1) is 13.0 Å². The van der Waals surface area contributed by atoms with Crippen LogP contribution in [-0.2, 0) is 0 Å². The van der Waals surface area contributed by atoms with E-state index in [4.69, 9.17) is 15.2 Å². The Morgan fingerprint density at radius 2 is 2.04 bits per heavy atom. The van der Waals surface area contributed by atoms with Gasteiger partial charge in [0.25, 0.3) is 0 Å². The van der Waals surface area contributed by atoms with Gasteiger partial charge in [-0.1, -0.05) is 18.2 Å². The van der Waals surface area contributed by atoms with E-state index in [0.29, 0.717) is 11.3 Å². The molecule has 0 fully saturated rings. The first-order chi connectivity index (χ1) is 11.7. The van der Waals surface area contributed by atoms with Gasteiger partial charge in [0.1, 0.15) is 23.1 Å². The van der Waals surface area contributed by atoms with Crippen LogP contribution in [0.3, 0.4) is 0 Å². The second-order valence-electron chi connectivity index (χ2n) is 5.62. The van der Waals surface area contributed by atoms with Gasteiger partial charge in [0.15, 0.2) is 0 Å². The quantitative estimate of drug-likeness (QED) is 0.758. The van der Waals surface area contributed by atoms with Crippen molar-refractivity contribution in [2.75, 3.05) is 7.11 Å². The second kappa shape index (κ2) is 5.36. The summed E-state index contributed by atoms with van der Waals surface area (Å²) in [6, 6.07) is 15.7. The van der Waals surface area contributed by atoms with Crippen LogP contribution in [0.5, 0.6) is 11.5 Å². The molecular weight excluding hydrogens is 302 g/mol. The third-order valence-corrected chi connectivity index (χ3v) is 4.36. The highest BCUT2D eigenvalue weighted by Crippen LogP contribution is 2.44. The van der Waals surface area contributed by atoms with E-state index in [-0.39, 0.29) is 11.8 Å². The average molecular weight is 317 g/mol. The molecule has 5 heteroatoms. The predicted octanol–water partition coefficient (Wildman–Crippen LogP) is 3.39. The molecule has 3 N–H and O–H groups in total. The molecule has 3 aromatic rings. The Hall–Kier alpha value is -3.39. The number of nitrogens with two attached hydrogens (primary N) is 1. The van der Waals surface area contributed by atoms with Crippen molar-refractivity contribution in [3.63, 3.8) is 0 Å². The molecule has 0 saturated carbocycles. The van der Waals surface area contributed by atoms with Gasteiger partial charge in [-0.05, 0) is 23.8 Å². The van der Waals surface area contributed by atoms with Gasteiger partial charge in [0.2, 0.25) is 5.88 Å². The maximum Gasteiger partial charge on any atom is 0.205 e. The number of para-hydroxylation sites is 1. The van der Waals surface area contributed by atoms with E-state index in [1.54, 1.807) is 7.11 Å². The molecule has 1 aromatic heterocycles. The van der Waals surface area contributed by atoms with Gasteiger partial charge in [-0.2, -0.15) is 5.26 Å². The number of ether oxygens (including phenoxy) is 2. The van der Waals surface area contributed by atoms with Crippen molar-refractivity contribution < 1.29 is 9.47 Å². The normalized spacial score (nSPS) is 16.4. The fourth-order valence-electron chi connectivity index (χ4n) is 3.22. The lowest BCUT2D eigenvalue weighted by Crippen LogP contribution is -2.20. The Labute approximate surface area is 138 Å². The van der Waals surface area contributed by atoms with Crippen LogP contribution in [0, 0.1) is 11.3 Å². The zero-order chi connectivity index (χ0) is 16.7. The number of H-pyrrole nitrogens is 1. The number of methoxy groups -OCH3 is 1. The molecule has 24 heavy (non-hydrogen) atoms. The summed E-state index contributed by atoms with van der Waals surface area (Å²) < 4.78 is 10.9. The van der Waals surface area contributed by atoms with E-state index < -0.39 is 0 Å². The number of hydrogen-bond donors (Lipinski definition) is 2. The van der Waals surface area contributed by atoms with Crippen LogP contribution in [0.15, 0.2) is 60.1 Å². The van der Waals surface area contributed by atoms with Gasteiger partial charge in [0, 0.05) is 28.7 Å². The molecule has 2 aromatic carbocycles. The van der Waals surface area contributed by atoms with E-state index in [9.17, 15) is 5.26 Å². The van der Waals surface area contributed by atoms with Gasteiger partial charge < -0.3 is 20.2 Å². The molecule has 0 spiro atoms. The molecule has 1 aliphatic heterocycles. The van der Waals surface area contributed by atoms with Gasteiger partial charge >= 0.3 is 0 Å². The maximum absolute atomic E-state index is 9.61. The number of nitriles is 1. The number of aromatic nitrogens is 1. The van der Waals surface area contributed by atoms with Crippen LogP contribution >= 0.6 is 0 Å². The monoisotopic (exact) mass is 317 g/mol. The molecule has 0 saturated heterocycles. The summed E-state index contributed by atoms with van der Waals surface area (Å²) in [4.78, 5) is 3.26. The van der Waals surface area contributed by atoms with Gasteiger partial charge in [-0.25, -0.2) is 0 Å². The van der Waals surface area contributed by atoms with Crippen LogP contribution < -0.4 is 15.2 Å². The SMILES string of the molecule is COc1ccc2c(C3C(C#N)=C(N)Oc4ccccc43)c[nH]c2c1. The van der Waals surface area contributed by atoms with Crippen molar-refractivity contribution in [2.24, 2.45) is 5.73 Å². The van der Waals surface area contributed by atoms with Crippen LogP contribution in [0.1, 0.15) is 17.0 Å². The van der Waals surface area contributed by atoms with Crippen LogP contribution in [0.2, 0.25) is 0 Å². The fourth-order valence-corrected chi connectivity index (χ4v) is 3.22. The number of allylic oxidation sites excluding steroid dienone is 1. The lowest BCUT2D eigenvalue weighted by atomic mass is 9.83. The number of aromatic amines is 1. The summed E-state index contributed by atoms with van der Waals surface area (Å²) in [6.45, 7) is 0.